The lowest BCUT2D eigenvalue weighted by atomic mass is 9.54. The smallest absolute Gasteiger partial charge is 0.369 e. The van der Waals surface area contributed by atoms with Crippen LogP contribution >= 0.6 is 0 Å². The average molecular weight is 424 g/mol. The number of amides is 2. The van der Waals surface area contributed by atoms with E-state index in [1.807, 2.05) is 12.2 Å². The first-order valence-corrected chi connectivity index (χ1v) is 9.85. The molecule has 0 radical (unpaired) electrons. The first-order valence-electron chi connectivity index (χ1n) is 9.85. The number of hydrogen-bond donors (Lipinski definition) is 3. The van der Waals surface area contributed by atoms with Gasteiger partial charge in [-0.1, -0.05) is 12.2 Å². The zero-order valence-electron chi connectivity index (χ0n) is 16.3. The summed E-state index contributed by atoms with van der Waals surface area (Å²) in [6.45, 7) is 2.57. The highest BCUT2D eigenvalue weighted by Gasteiger charge is 2.55. The monoisotopic (exact) mass is 424 g/mol. The fourth-order valence-corrected chi connectivity index (χ4v) is 4.46. The minimum absolute atomic E-state index is 0.0337. The topological polar surface area (TPSA) is 113 Å². The number of fused-ring (bicyclic) bond motifs is 1. The number of nitrogens with two attached hydrogens (primary N) is 1. The van der Waals surface area contributed by atoms with Gasteiger partial charge in [0.1, 0.15) is 11.4 Å². The van der Waals surface area contributed by atoms with Gasteiger partial charge < -0.3 is 21.3 Å². The standard InChI is InChI=1S/C19H23F3N6O2/c1-9(29)28-6-2-3-10(8-28)25-18-24-7-13(19(20,21)22)17(27-18)26-15-12-5-4-11(12)14(15)16(23)30/h4-5,7,10-12,14-15H,2-3,6,8H2,1H3,(H2,23,30)(H2,24,25,26,27)/t10-,11-,12?,14+,15-/m0/s1. The van der Waals surface area contributed by atoms with Crippen molar-refractivity contribution in [2.45, 2.75) is 38.0 Å². The highest BCUT2D eigenvalue weighted by atomic mass is 19.4. The molecule has 5 atom stereocenters. The van der Waals surface area contributed by atoms with E-state index in [9.17, 15) is 22.8 Å². The number of anilines is 2. The Kier molecular flexibility index (Phi) is 5.07. The summed E-state index contributed by atoms with van der Waals surface area (Å²) < 4.78 is 40.5. The van der Waals surface area contributed by atoms with Crippen LogP contribution in [-0.4, -0.2) is 51.9 Å². The van der Waals surface area contributed by atoms with Crippen molar-refractivity contribution in [3.8, 4) is 0 Å². The van der Waals surface area contributed by atoms with Crippen LogP contribution in [0.25, 0.3) is 0 Å². The number of piperidine rings is 1. The van der Waals surface area contributed by atoms with Gasteiger partial charge in [0, 0.05) is 44.2 Å². The number of likely N-dealkylation sites (tertiary alicyclic amines) is 1. The van der Waals surface area contributed by atoms with Crippen LogP contribution < -0.4 is 16.4 Å². The van der Waals surface area contributed by atoms with Crippen LogP contribution in [0.1, 0.15) is 25.3 Å². The number of carbonyl (C=O) groups excluding carboxylic acids is 2. The number of nitrogens with one attached hydrogen (secondary N) is 2. The van der Waals surface area contributed by atoms with Crippen LogP contribution in [0.3, 0.4) is 0 Å². The van der Waals surface area contributed by atoms with Crippen molar-refractivity contribution in [2.24, 2.45) is 23.5 Å². The van der Waals surface area contributed by atoms with Crippen LogP contribution in [0.15, 0.2) is 18.3 Å². The number of hydrogen-bond acceptors (Lipinski definition) is 6. The maximum Gasteiger partial charge on any atom is 0.421 e. The van der Waals surface area contributed by atoms with Gasteiger partial charge in [0.05, 0.1) is 5.92 Å². The second-order valence-corrected chi connectivity index (χ2v) is 8.04. The summed E-state index contributed by atoms with van der Waals surface area (Å²) >= 11 is 0. The predicted octanol–water partition coefficient (Wildman–Crippen LogP) is 1.62. The molecule has 2 fully saturated rings. The number of alkyl halides is 3. The number of allylic oxidation sites excluding steroid dienone is 1. The van der Waals surface area contributed by atoms with Crippen molar-refractivity contribution < 1.29 is 22.8 Å². The maximum atomic E-state index is 13.5. The van der Waals surface area contributed by atoms with Crippen molar-refractivity contribution in [2.75, 3.05) is 23.7 Å². The molecule has 1 unspecified atom stereocenters. The van der Waals surface area contributed by atoms with Crippen molar-refractivity contribution in [1.29, 1.82) is 0 Å². The Bertz CT molecular complexity index is 890. The van der Waals surface area contributed by atoms with Gasteiger partial charge in [-0.2, -0.15) is 18.2 Å². The first kappa shape index (κ1) is 20.4. The van der Waals surface area contributed by atoms with Gasteiger partial charge in [0.25, 0.3) is 0 Å². The zero-order valence-corrected chi connectivity index (χ0v) is 16.3. The van der Waals surface area contributed by atoms with Gasteiger partial charge in [-0.15, -0.1) is 0 Å². The molecule has 2 heterocycles. The number of primary amides is 1. The number of nitrogens with zero attached hydrogens (tertiary/aromatic N) is 3. The zero-order chi connectivity index (χ0) is 21.6. The van der Waals surface area contributed by atoms with Gasteiger partial charge >= 0.3 is 6.18 Å². The second-order valence-electron chi connectivity index (χ2n) is 8.04. The molecule has 0 aromatic carbocycles. The van der Waals surface area contributed by atoms with E-state index in [4.69, 9.17) is 5.73 Å². The summed E-state index contributed by atoms with van der Waals surface area (Å²) in [6, 6.07) is -0.697. The van der Waals surface area contributed by atoms with Gasteiger partial charge in [-0.3, -0.25) is 9.59 Å². The molecule has 1 saturated heterocycles. The molecular weight excluding hydrogens is 401 g/mol. The third-order valence-corrected chi connectivity index (χ3v) is 6.14. The molecule has 1 aromatic heterocycles. The van der Waals surface area contributed by atoms with Crippen molar-refractivity contribution in [1.82, 2.24) is 14.9 Å². The van der Waals surface area contributed by atoms with Crippen molar-refractivity contribution >= 4 is 23.6 Å². The summed E-state index contributed by atoms with van der Waals surface area (Å²) in [6.07, 6.45) is 1.30. The van der Waals surface area contributed by atoms with Crippen LogP contribution in [0.2, 0.25) is 0 Å². The number of halogens is 3. The third kappa shape index (κ3) is 3.68. The summed E-state index contributed by atoms with van der Waals surface area (Å²) in [5.41, 5.74) is 4.43. The Hall–Kier alpha value is -2.85. The van der Waals surface area contributed by atoms with Gasteiger partial charge in [-0.05, 0) is 18.8 Å². The molecule has 0 spiro atoms. The molecule has 1 aliphatic heterocycles. The van der Waals surface area contributed by atoms with Crippen LogP contribution in [0, 0.1) is 17.8 Å². The van der Waals surface area contributed by atoms with Crippen LogP contribution in [0.4, 0.5) is 24.9 Å². The normalized spacial score (nSPS) is 30.0. The lowest BCUT2D eigenvalue weighted by Gasteiger charge is -2.53. The minimum Gasteiger partial charge on any atom is -0.369 e. The quantitative estimate of drug-likeness (QED) is 0.619. The van der Waals surface area contributed by atoms with E-state index in [0.29, 0.717) is 13.1 Å². The van der Waals surface area contributed by atoms with E-state index >= 15 is 0 Å². The molecule has 2 amide bonds. The molecule has 2 aliphatic carbocycles. The fraction of sp³-hybridized carbons (Fsp3) is 0.579. The Balaban J connectivity index is 1.55. The van der Waals surface area contributed by atoms with E-state index in [2.05, 4.69) is 20.6 Å². The lowest BCUT2D eigenvalue weighted by Crippen LogP contribution is -2.62. The SMILES string of the molecule is CC(=O)N1CCC[C@H](Nc2ncc(C(F)(F)F)c(N[C@H]3C4C=C[C@@H]4[C@H]3C(N)=O)n2)C1. The fourth-order valence-electron chi connectivity index (χ4n) is 4.46. The van der Waals surface area contributed by atoms with Gasteiger partial charge in [0.15, 0.2) is 0 Å². The van der Waals surface area contributed by atoms with Crippen LogP contribution in [0.5, 0.6) is 0 Å². The number of carbonyl (C=O) groups is 2. The summed E-state index contributed by atoms with van der Waals surface area (Å²) in [7, 11) is 0. The van der Waals surface area contributed by atoms with E-state index < -0.39 is 29.6 Å². The Morgan fingerprint density at radius 3 is 2.57 bits per heavy atom. The number of rotatable bonds is 5. The molecule has 30 heavy (non-hydrogen) atoms. The largest absolute Gasteiger partial charge is 0.421 e. The molecule has 162 valence electrons. The maximum absolute atomic E-state index is 13.5. The molecule has 4 rings (SSSR count). The predicted molar refractivity (Wildman–Crippen MR) is 102 cm³/mol. The van der Waals surface area contributed by atoms with Crippen LogP contribution in [-0.2, 0) is 15.8 Å². The van der Waals surface area contributed by atoms with Gasteiger partial charge in [0.2, 0.25) is 17.8 Å². The summed E-state index contributed by atoms with van der Waals surface area (Å²) in [4.78, 5) is 32.9. The van der Waals surface area contributed by atoms with E-state index in [0.717, 1.165) is 19.0 Å². The molecular formula is C19H23F3N6O2. The lowest BCUT2D eigenvalue weighted by molar-refractivity contribution is -0.137. The molecule has 1 saturated carbocycles. The Labute approximate surface area is 171 Å². The molecule has 8 nitrogen and oxygen atoms in total. The molecule has 11 heteroatoms. The summed E-state index contributed by atoms with van der Waals surface area (Å²) in [5.74, 6) is -1.60. The Morgan fingerprint density at radius 2 is 1.97 bits per heavy atom. The van der Waals surface area contributed by atoms with E-state index in [1.165, 1.54) is 6.92 Å². The molecule has 3 aliphatic rings. The molecule has 1 aromatic rings. The van der Waals surface area contributed by atoms with Crippen molar-refractivity contribution in [3.63, 3.8) is 0 Å². The highest BCUT2D eigenvalue weighted by Crippen LogP contribution is 2.50. The average Bonchev–Trinajstić information content (AvgIpc) is 2.64. The van der Waals surface area contributed by atoms with E-state index in [-0.39, 0.29) is 35.6 Å². The van der Waals surface area contributed by atoms with Gasteiger partial charge in [-0.25, -0.2) is 4.98 Å². The first-order chi connectivity index (χ1) is 14.1. The summed E-state index contributed by atoms with van der Waals surface area (Å²) in [5, 5.41) is 5.83. The minimum atomic E-state index is -4.65. The van der Waals surface area contributed by atoms with E-state index in [1.54, 1.807) is 4.90 Å². The number of aromatic nitrogens is 2. The third-order valence-electron chi connectivity index (χ3n) is 6.14. The Morgan fingerprint density at radius 1 is 1.23 bits per heavy atom. The second kappa shape index (κ2) is 7.44. The van der Waals surface area contributed by atoms with Crippen molar-refractivity contribution in [3.05, 3.63) is 23.9 Å². The molecule has 4 N–H and O–H groups in total. The molecule has 0 bridgehead atoms. The highest BCUT2D eigenvalue weighted by molar-refractivity contribution is 5.81.